The van der Waals surface area contributed by atoms with Crippen molar-refractivity contribution in [1.29, 1.82) is 0 Å². The van der Waals surface area contributed by atoms with Crippen LogP contribution >= 0.6 is 0 Å². The summed E-state index contributed by atoms with van der Waals surface area (Å²) in [5, 5.41) is 3.92. The van der Waals surface area contributed by atoms with E-state index in [1.165, 1.54) is 70.8 Å². The van der Waals surface area contributed by atoms with Crippen molar-refractivity contribution in [3.63, 3.8) is 0 Å². The van der Waals surface area contributed by atoms with Crippen LogP contribution in [0.15, 0.2) is 0 Å². The normalized spacial score (nSPS) is 29.5. The van der Waals surface area contributed by atoms with Gasteiger partial charge in [-0.1, -0.05) is 59.3 Å². The first kappa shape index (κ1) is 15.4. The van der Waals surface area contributed by atoms with Crippen LogP contribution in [0.25, 0.3) is 0 Å². The van der Waals surface area contributed by atoms with Crippen LogP contribution in [0, 0.1) is 17.3 Å². The zero-order chi connectivity index (χ0) is 13.7. The summed E-state index contributed by atoms with van der Waals surface area (Å²) < 4.78 is 0. The molecule has 1 heteroatoms. The van der Waals surface area contributed by atoms with Crippen LogP contribution in [0.4, 0.5) is 0 Å². The van der Waals surface area contributed by atoms with E-state index in [1.807, 2.05) is 0 Å². The van der Waals surface area contributed by atoms with Gasteiger partial charge in [-0.3, -0.25) is 0 Å². The molecule has 2 unspecified atom stereocenters. The van der Waals surface area contributed by atoms with Gasteiger partial charge < -0.3 is 5.32 Å². The maximum Gasteiger partial charge on any atom is 0.0103 e. The molecule has 2 fully saturated rings. The van der Waals surface area contributed by atoms with Crippen LogP contribution in [0.3, 0.4) is 0 Å². The molecule has 1 N–H and O–H groups in total. The van der Waals surface area contributed by atoms with E-state index in [0.717, 1.165) is 17.9 Å². The van der Waals surface area contributed by atoms with Crippen LogP contribution in [-0.2, 0) is 0 Å². The molecule has 0 heterocycles. The molecule has 2 rings (SSSR count). The minimum absolute atomic E-state index is 0.558. The highest BCUT2D eigenvalue weighted by Crippen LogP contribution is 2.44. The summed E-state index contributed by atoms with van der Waals surface area (Å²) in [7, 11) is 0. The second-order valence-corrected chi connectivity index (χ2v) is 7.79. The fraction of sp³-hybridized carbons (Fsp3) is 1.00. The topological polar surface area (TPSA) is 12.0 Å². The second kappa shape index (κ2) is 7.11. The molecule has 2 atom stereocenters. The Bertz CT molecular complexity index is 252. The summed E-state index contributed by atoms with van der Waals surface area (Å²) in [6.45, 7) is 8.55. The summed E-state index contributed by atoms with van der Waals surface area (Å²) in [5.74, 6) is 1.93. The molecule has 112 valence electrons. The van der Waals surface area contributed by atoms with E-state index in [0.29, 0.717) is 5.41 Å². The van der Waals surface area contributed by atoms with Crippen molar-refractivity contribution in [3.05, 3.63) is 0 Å². The Kier molecular flexibility index (Phi) is 5.74. The number of hydrogen-bond donors (Lipinski definition) is 1. The first-order chi connectivity index (χ1) is 9.13. The highest BCUT2D eigenvalue weighted by atomic mass is 14.9. The Morgan fingerprint density at radius 2 is 1.74 bits per heavy atom. The van der Waals surface area contributed by atoms with E-state index in [1.54, 1.807) is 0 Å². The molecular formula is C18H35N. The number of nitrogens with one attached hydrogen (secondary N) is 1. The van der Waals surface area contributed by atoms with Crippen molar-refractivity contribution >= 4 is 0 Å². The summed E-state index contributed by atoms with van der Waals surface area (Å²) in [6, 6.07) is 0.790. The van der Waals surface area contributed by atoms with Crippen LogP contribution in [0.2, 0.25) is 0 Å². The molecule has 0 saturated heterocycles. The Hall–Kier alpha value is -0.0400. The van der Waals surface area contributed by atoms with Crippen LogP contribution in [-0.4, -0.2) is 12.6 Å². The van der Waals surface area contributed by atoms with Gasteiger partial charge in [-0.15, -0.1) is 0 Å². The lowest BCUT2D eigenvalue weighted by atomic mass is 9.64. The van der Waals surface area contributed by atoms with Gasteiger partial charge in [0.05, 0.1) is 0 Å². The van der Waals surface area contributed by atoms with E-state index in [4.69, 9.17) is 0 Å². The lowest BCUT2D eigenvalue weighted by molar-refractivity contribution is 0.0877. The van der Waals surface area contributed by atoms with Crippen molar-refractivity contribution in [1.82, 2.24) is 5.32 Å². The molecule has 0 aromatic heterocycles. The minimum Gasteiger partial charge on any atom is -0.314 e. The lowest BCUT2D eigenvalue weighted by Crippen LogP contribution is -2.45. The summed E-state index contributed by atoms with van der Waals surface area (Å²) in [5.41, 5.74) is 0.558. The average Bonchev–Trinajstić information content (AvgIpc) is 2.87. The highest BCUT2D eigenvalue weighted by Gasteiger charge is 2.38. The van der Waals surface area contributed by atoms with Crippen molar-refractivity contribution < 1.29 is 0 Å². The first-order valence-corrected chi connectivity index (χ1v) is 8.87. The van der Waals surface area contributed by atoms with Crippen LogP contribution in [0.1, 0.15) is 85.0 Å². The largest absolute Gasteiger partial charge is 0.314 e. The molecule has 0 aliphatic heterocycles. The van der Waals surface area contributed by atoms with Gasteiger partial charge >= 0.3 is 0 Å². The lowest BCUT2D eigenvalue weighted by Gasteiger charge is -2.44. The molecular weight excluding hydrogens is 230 g/mol. The van der Waals surface area contributed by atoms with Crippen molar-refractivity contribution in [3.8, 4) is 0 Å². The van der Waals surface area contributed by atoms with E-state index in [2.05, 4.69) is 26.1 Å². The quantitative estimate of drug-likeness (QED) is 0.700. The Morgan fingerprint density at radius 1 is 1.05 bits per heavy atom. The van der Waals surface area contributed by atoms with Crippen molar-refractivity contribution in [2.45, 2.75) is 91.0 Å². The summed E-state index contributed by atoms with van der Waals surface area (Å²) >= 11 is 0. The maximum absolute atomic E-state index is 3.92. The molecule has 0 spiro atoms. The molecule has 0 aromatic carbocycles. The van der Waals surface area contributed by atoms with E-state index in [9.17, 15) is 0 Å². The van der Waals surface area contributed by atoms with Gasteiger partial charge in [0.25, 0.3) is 0 Å². The predicted molar refractivity (Wildman–Crippen MR) is 84.4 cm³/mol. The third-order valence-electron chi connectivity index (χ3n) is 5.79. The van der Waals surface area contributed by atoms with Gasteiger partial charge in [-0.05, 0) is 49.5 Å². The molecule has 0 amide bonds. The third-order valence-corrected chi connectivity index (χ3v) is 5.79. The zero-order valence-electron chi connectivity index (χ0n) is 13.5. The van der Waals surface area contributed by atoms with E-state index < -0.39 is 0 Å². The van der Waals surface area contributed by atoms with Gasteiger partial charge in [0.1, 0.15) is 0 Å². The predicted octanol–water partition coefficient (Wildman–Crippen LogP) is 5.15. The zero-order valence-corrected chi connectivity index (χ0v) is 13.5. The fourth-order valence-corrected chi connectivity index (χ4v) is 4.59. The molecule has 2 aliphatic carbocycles. The third kappa shape index (κ3) is 4.21. The smallest absolute Gasteiger partial charge is 0.0103 e. The van der Waals surface area contributed by atoms with Crippen LogP contribution < -0.4 is 5.32 Å². The molecule has 2 saturated carbocycles. The molecule has 1 nitrogen and oxygen atoms in total. The average molecular weight is 265 g/mol. The Balaban J connectivity index is 1.97. The second-order valence-electron chi connectivity index (χ2n) is 7.79. The standard InChI is InChI=1S/C18H35N/c1-4-13-19-17(14-15-9-5-6-10-15)16-11-7-8-12-18(16,2)3/h15-17,19H,4-14H2,1-3H3. The van der Waals surface area contributed by atoms with Gasteiger partial charge in [-0.25, -0.2) is 0 Å². The van der Waals surface area contributed by atoms with Crippen LogP contribution in [0.5, 0.6) is 0 Å². The molecule has 0 radical (unpaired) electrons. The number of rotatable bonds is 6. The molecule has 2 aliphatic rings. The Labute approximate surface area is 120 Å². The SMILES string of the molecule is CCCNC(CC1CCCC1)C1CCCCC1(C)C. The summed E-state index contributed by atoms with van der Waals surface area (Å²) in [6.07, 6.45) is 14.5. The van der Waals surface area contributed by atoms with Gasteiger partial charge in [0.2, 0.25) is 0 Å². The first-order valence-electron chi connectivity index (χ1n) is 8.87. The minimum atomic E-state index is 0.558. The van der Waals surface area contributed by atoms with E-state index in [-0.39, 0.29) is 0 Å². The summed E-state index contributed by atoms with van der Waals surface area (Å²) in [4.78, 5) is 0. The fourth-order valence-electron chi connectivity index (χ4n) is 4.59. The Morgan fingerprint density at radius 3 is 2.37 bits per heavy atom. The van der Waals surface area contributed by atoms with Crippen molar-refractivity contribution in [2.24, 2.45) is 17.3 Å². The maximum atomic E-state index is 3.92. The van der Waals surface area contributed by atoms with Gasteiger partial charge in [-0.2, -0.15) is 0 Å². The van der Waals surface area contributed by atoms with Gasteiger partial charge in [0.15, 0.2) is 0 Å². The monoisotopic (exact) mass is 265 g/mol. The molecule has 0 bridgehead atoms. The molecule has 0 aromatic rings. The van der Waals surface area contributed by atoms with E-state index >= 15 is 0 Å². The highest BCUT2D eigenvalue weighted by molar-refractivity contribution is 4.91. The van der Waals surface area contributed by atoms with Crippen molar-refractivity contribution in [2.75, 3.05) is 6.54 Å². The molecule has 19 heavy (non-hydrogen) atoms. The van der Waals surface area contributed by atoms with Gasteiger partial charge in [0, 0.05) is 6.04 Å². The number of hydrogen-bond acceptors (Lipinski definition) is 1.